The minimum absolute atomic E-state index is 0.0822. The number of carbonyl (C=O) groups excluding carboxylic acids is 1. The molecule has 4 aliphatic rings. The predicted octanol–water partition coefficient (Wildman–Crippen LogP) is 5.03. The van der Waals surface area contributed by atoms with Gasteiger partial charge in [0.2, 0.25) is 0 Å². The lowest BCUT2D eigenvalue weighted by Crippen LogP contribution is -2.66. The van der Waals surface area contributed by atoms with E-state index in [9.17, 15) is 9.18 Å². The Labute approximate surface area is 170 Å². The first-order valence-electron chi connectivity index (χ1n) is 10.5. The predicted molar refractivity (Wildman–Crippen MR) is 107 cm³/mol. The van der Waals surface area contributed by atoms with Crippen LogP contribution in [-0.2, 0) is 6.54 Å². The van der Waals surface area contributed by atoms with E-state index in [4.69, 9.17) is 4.52 Å². The molecular formula is C23H28FN3O2. The van der Waals surface area contributed by atoms with E-state index in [-0.39, 0.29) is 23.9 Å². The topological polar surface area (TPSA) is 67.2 Å². The van der Waals surface area contributed by atoms with E-state index in [2.05, 4.69) is 29.6 Å². The van der Waals surface area contributed by atoms with Crippen molar-refractivity contribution in [2.75, 3.05) is 0 Å². The fourth-order valence-electron chi connectivity index (χ4n) is 7.22. The quantitative estimate of drug-likeness (QED) is 0.760. The minimum Gasteiger partial charge on any atom is -0.359 e. The highest BCUT2D eigenvalue weighted by molar-refractivity contribution is 5.75. The summed E-state index contributed by atoms with van der Waals surface area (Å²) in [7, 11) is 0. The molecule has 0 aliphatic heterocycles. The molecule has 4 fully saturated rings. The van der Waals surface area contributed by atoms with Crippen LogP contribution in [0, 0.1) is 22.6 Å². The lowest BCUT2D eigenvalue weighted by molar-refractivity contribution is -0.113. The van der Waals surface area contributed by atoms with Crippen molar-refractivity contribution in [1.29, 1.82) is 0 Å². The second-order valence-corrected chi connectivity index (χ2v) is 10.4. The van der Waals surface area contributed by atoms with Crippen molar-refractivity contribution in [2.24, 2.45) is 16.7 Å². The van der Waals surface area contributed by atoms with E-state index in [0.29, 0.717) is 27.8 Å². The highest BCUT2D eigenvalue weighted by Gasteiger charge is 2.60. The van der Waals surface area contributed by atoms with E-state index < -0.39 is 0 Å². The summed E-state index contributed by atoms with van der Waals surface area (Å²) in [5.41, 5.74) is 1.84. The van der Waals surface area contributed by atoms with Crippen LogP contribution in [-0.4, -0.2) is 16.7 Å². The Bertz CT molecular complexity index is 937. The van der Waals surface area contributed by atoms with Crippen LogP contribution in [0.4, 0.5) is 9.18 Å². The molecule has 2 unspecified atom stereocenters. The number of nitrogens with one attached hydrogen (secondary N) is 2. The number of urea groups is 1. The third-order valence-corrected chi connectivity index (χ3v) is 7.11. The molecule has 4 aliphatic carbocycles. The molecule has 2 N–H and O–H groups in total. The van der Waals surface area contributed by atoms with Crippen molar-refractivity contribution in [2.45, 2.75) is 64.5 Å². The molecule has 1 aromatic heterocycles. The molecule has 0 spiro atoms. The first kappa shape index (κ1) is 18.6. The summed E-state index contributed by atoms with van der Waals surface area (Å²) in [6.07, 6.45) is 7.13. The molecule has 0 radical (unpaired) electrons. The normalized spacial score (nSPS) is 34.9. The summed E-state index contributed by atoms with van der Waals surface area (Å²) >= 11 is 0. The number of aromatic nitrogens is 1. The largest absolute Gasteiger partial charge is 0.359 e. The van der Waals surface area contributed by atoms with Crippen molar-refractivity contribution < 1.29 is 13.7 Å². The van der Waals surface area contributed by atoms with Gasteiger partial charge in [-0.3, -0.25) is 0 Å². The van der Waals surface area contributed by atoms with Gasteiger partial charge in [-0.2, -0.15) is 0 Å². The molecule has 5 nitrogen and oxygen atoms in total. The highest BCUT2D eigenvalue weighted by atomic mass is 19.1. The Kier molecular flexibility index (Phi) is 4.06. The van der Waals surface area contributed by atoms with E-state index >= 15 is 0 Å². The Hall–Kier alpha value is -2.37. The zero-order valence-electron chi connectivity index (χ0n) is 17.1. The van der Waals surface area contributed by atoms with Crippen molar-refractivity contribution in [3.05, 3.63) is 41.9 Å². The number of benzene rings is 1. The van der Waals surface area contributed by atoms with Crippen molar-refractivity contribution >= 4 is 6.03 Å². The number of carbonyl (C=O) groups is 1. The third kappa shape index (κ3) is 3.53. The molecule has 2 atom stereocenters. The van der Waals surface area contributed by atoms with Crippen molar-refractivity contribution in [3.8, 4) is 11.3 Å². The van der Waals surface area contributed by atoms with E-state index in [1.165, 1.54) is 31.4 Å². The maximum Gasteiger partial charge on any atom is 0.315 e. The summed E-state index contributed by atoms with van der Waals surface area (Å²) in [5.74, 6) is 0.955. The number of halogens is 1. The van der Waals surface area contributed by atoms with Gasteiger partial charge < -0.3 is 15.2 Å². The lowest BCUT2D eigenvalue weighted by atomic mass is 9.43. The van der Waals surface area contributed by atoms with Crippen LogP contribution in [0.1, 0.15) is 58.1 Å². The number of hydrogen-bond donors (Lipinski definition) is 2. The molecule has 4 saturated carbocycles. The zero-order valence-corrected chi connectivity index (χ0v) is 17.1. The Balaban J connectivity index is 1.22. The molecule has 6 rings (SSSR count). The van der Waals surface area contributed by atoms with Gasteiger partial charge in [-0.05, 0) is 67.4 Å². The van der Waals surface area contributed by atoms with Gasteiger partial charge in [0.15, 0.2) is 5.76 Å². The second-order valence-electron chi connectivity index (χ2n) is 10.4. The Morgan fingerprint density at radius 1 is 1.17 bits per heavy atom. The van der Waals surface area contributed by atoms with E-state index in [1.807, 2.05) is 0 Å². The number of hydrogen-bond acceptors (Lipinski definition) is 3. The molecule has 0 saturated heterocycles. The molecule has 4 bridgehead atoms. The molecule has 1 heterocycles. The summed E-state index contributed by atoms with van der Waals surface area (Å²) < 4.78 is 18.7. The monoisotopic (exact) mass is 397 g/mol. The van der Waals surface area contributed by atoms with Gasteiger partial charge in [-0.1, -0.05) is 31.1 Å². The molecule has 6 heteroatoms. The third-order valence-electron chi connectivity index (χ3n) is 7.11. The summed E-state index contributed by atoms with van der Waals surface area (Å²) in [6.45, 7) is 5.04. The van der Waals surface area contributed by atoms with E-state index in [0.717, 1.165) is 25.2 Å². The summed E-state index contributed by atoms with van der Waals surface area (Å²) in [4.78, 5) is 12.7. The number of nitrogens with zero attached hydrogens (tertiary/aromatic N) is 1. The van der Waals surface area contributed by atoms with Crippen LogP contribution >= 0.6 is 0 Å². The van der Waals surface area contributed by atoms with Gasteiger partial charge in [0, 0.05) is 17.2 Å². The van der Waals surface area contributed by atoms with Crippen molar-refractivity contribution in [1.82, 2.24) is 15.8 Å². The first-order chi connectivity index (χ1) is 13.7. The fourth-order valence-corrected chi connectivity index (χ4v) is 7.22. The lowest BCUT2D eigenvalue weighted by Gasteiger charge is -2.65. The van der Waals surface area contributed by atoms with Gasteiger partial charge in [0.05, 0.1) is 6.54 Å². The second kappa shape index (κ2) is 6.31. The Morgan fingerprint density at radius 3 is 2.62 bits per heavy atom. The van der Waals surface area contributed by atoms with Gasteiger partial charge in [0.25, 0.3) is 0 Å². The summed E-state index contributed by atoms with van der Waals surface area (Å²) in [6, 6.07) is 7.80. The smallest absolute Gasteiger partial charge is 0.315 e. The van der Waals surface area contributed by atoms with Crippen LogP contribution in [0.2, 0.25) is 0 Å². The molecule has 154 valence electrons. The van der Waals surface area contributed by atoms with Gasteiger partial charge in [-0.25, -0.2) is 9.18 Å². The van der Waals surface area contributed by atoms with Gasteiger partial charge in [0.1, 0.15) is 11.5 Å². The van der Waals surface area contributed by atoms with Crippen LogP contribution in [0.25, 0.3) is 11.3 Å². The SMILES string of the molecule is CC12CC3CC(C)(C1)CC(NC(=O)NCc1cc(-c4cccc(F)c4)no1)(C3)C2. The van der Waals surface area contributed by atoms with Crippen LogP contribution < -0.4 is 10.6 Å². The number of amides is 2. The average molecular weight is 397 g/mol. The number of rotatable bonds is 4. The molecule has 2 amide bonds. The zero-order chi connectivity index (χ0) is 20.3. The van der Waals surface area contributed by atoms with Crippen LogP contribution in [0.5, 0.6) is 0 Å². The molecule has 29 heavy (non-hydrogen) atoms. The first-order valence-corrected chi connectivity index (χ1v) is 10.5. The van der Waals surface area contributed by atoms with E-state index in [1.54, 1.807) is 18.2 Å². The van der Waals surface area contributed by atoms with Crippen LogP contribution in [0.3, 0.4) is 0 Å². The average Bonchev–Trinajstić information content (AvgIpc) is 3.05. The minimum atomic E-state index is -0.317. The highest BCUT2D eigenvalue weighted by Crippen LogP contribution is 2.66. The standard InChI is InChI=1S/C23H28FN3O2/c1-21-8-15-9-22(2,12-21)14-23(10-15,13-21)26-20(28)25-11-18-7-19(27-29-18)16-4-3-5-17(24)6-16/h3-7,15H,8-14H2,1-2H3,(H2,25,26,28). The van der Waals surface area contributed by atoms with Gasteiger partial charge >= 0.3 is 6.03 Å². The molecule has 1 aromatic carbocycles. The summed E-state index contributed by atoms with van der Waals surface area (Å²) in [5, 5.41) is 10.2. The molecular weight excluding hydrogens is 369 g/mol. The maximum absolute atomic E-state index is 13.4. The maximum atomic E-state index is 13.4. The van der Waals surface area contributed by atoms with Crippen LogP contribution in [0.15, 0.2) is 34.9 Å². The van der Waals surface area contributed by atoms with Crippen molar-refractivity contribution in [3.63, 3.8) is 0 Å². The fraction of sp³-hybridized carbons (Fsp3) is 0.565. The van der Waals surface area contributed by atoms with Gasteiger partial charge in [-0.15, -0.1) is 0 Å². The Morgan fingerprint density at radius 2 is 1.93 bits per heavy atom. The molecule has 2 aromatic rings.